The van der Waals surface area contributed by atoms with Gasteiger partial charge in [0, 0.05) is 6.42 Å². The van der Waals surface area contributed by atoms with Crippen LogP contribution in [0.3, 0.4) is 0 Å². The van der Waals surface area contributed by atoms with Gasteiger partial charge in [-0.25, -0.2) is 0 Å². The van der Waals surface area contributed by atoms with E-state index in [9.17, 15) is 25.0 Å². The predicted octanol–water partition coefficient (Wildman–Crippen LogP) is -3.28. The SMILES string of the molecule is O=P(O)(O)CC[C@@]1(O)O[C@H](CO)[C@@H](O)[C@H](O)[C@H]1O. The first kappa shape index (κ1) is 16.0. The maximum absolute atomic E-state index is 10.7. The van der Waals surface area contributed by atoms with Crippen LogP contribution < -0.4 is 0 Å². The molecular weight excluding hydrogens is 271 g/mol. The summed E-state index contributed by atoms with van der Waals surface area (Å²) >= 11 is 0. The maximum Gasteiger partial charge on any atom is 0.325 e. The van der Waals surface area contributed by atoms with Gasteiger partial charge in [-0.1, -0.05) is 0 Å². The van der Waals surface area contributed by atoms with Crippen LogP contribution in [0.4, 0.5) is 0 Å². The smallest absolute Gasteiger partial charge is 0.325 e. The fraction of sp³-hybridized carbons (Fsp3) is 1.00. The molecule has 0 radical (unpaired) electrons. The molecule has 18 heavy (non-hydrogen) atoms. The summed E-state index contributed by atoms with van der Waals surface area (Å²) in [7, 11) is -4.42. The second kappa shape index (κ2) is 5.49. The highest BCUT2D eigenvalue weighted by molar-refractivity contribution is 7.51. The molecule has 1 fully saturated rings. The van der Waals surface area contributed by atoms with Gasteiger partial charge in [0.1, 0.15) is 24.4 Å². The van der Waals surface area contributed by atoms with E-state index in [0.29, 0.717) is 0 Å². The second-order valence-corrected chi connectivity index (χ2v) is 6.02. The van der Waals surface area contributed by atoms with Crippen LogP contribution in [-0.4, -0.2) is 78.3 Å². The van der Waals surface area contributed by atoms with E-state index in [1.807, 2.05) is 0 Å². The summed E-state index contributed by atoms with van der Waals surface area (Å²) in [5, 5.41) is 47.2. The monoisotopic (exact) mass is 288 g/mol. The Bertz CT molecular complexity index is 329. The normalized spacial score (nSPS) is 41.9. The Labute approximate surface area is 102 Å². The summed E-state index contributed by atoms with van der Waals surface area (Å²) in [5.41, 5.74) is 0. The largest absolute Gasteiger partial charge is 0.394 e. The number of hydrogen-bond acceptors (Lipinski definition) is 7. The van der Waals surface area contributed by atoms with Crippen molar-refractivity contribution in [2.45, 2.75) is 36.6 Å². The maximum atomic E-state index is 10.7. The molecule has 7 N–H and O–H groups in total. The average Bonchev–Trinajstić information content (AvgIpc) is 2.28. The van der Waals surface area contributed by atoms with Crippen molar-refractivity contribution in [3.63, 3.8) is 0 Å². The van der Waals surface area contributed by atoms with E-state index in [2.05, 4.69) is 0 Å². The summed E-state index contributed by atoms with van der Waals surface area (Å²) < 4.78 is 15.5. The third kappa shape index (κ3) is 3.47. The van der Waals surface area contributed by atoms with Crippen LogP contribution in [0, 0.1) is 0 Å². The molecule has 1 saturated heterocycles. The average molecular weight is 288 g/mol. The number of ether oxygens (including phenoxy) is 1. The second-order valence-electron chi connectivity index (χ2n) is 4.25. The third-order valence-corrected chi connectivity index (χ3v) is 3.62. The Balaban J connectivity index is 2.82. The zero-order valence-electron chi connectivity index (χ0n) is 9.32. The minimum Gasteiger partial charge on any atom is -0.394 e. The van der Waals surface area contributed by atoms with Crippen molar-refractivity contribution in [1.82, 2.24) is 0 Å². The summed E-state index contributed by atoms with van der Waals surface area (Å²) in [6, 6.07) is 0. The van der Waals surface area contributed by atoms with Gasteiger partial charge in [0.05, 0.1) is 12.8 Å². The lowest BCUT2D eigenvalue weighted by molar-refractivity contribution is -0.349. The molecule has 0 aromatic carbocycles. The highest BCUT2D eigenvalue weighted by atomic mass is 31.2. The topological polar surface area (TPSA) is 168 Å². The molecule has 0 aromatic heterocycles. The molecule has 0 bridgehead atoms. The Morgan fingerprint density at radius 1 is 1.17 bits per heavy atom. The lowest BCUT2D eigenvalue weighted by Gasteiger charge is -2.45. The molecule has 5 atom stereocenters. The molecule has 0 saturated carbocycles. The molecule has 108 valence electrons. The van der Waals surface area contributed by atoms with Crippen molar-refractivity contribution in [2.75, 3.05) is 12.8 Å². The van der Waals surface area contributed by atoms with Gasteiger partial charge in [-0.05, 0) is 0 Å². The molecular formula is C8H17O9P. The van der Waals surface area contributed by atoms with Crippen molar-refractivity contribution in [3.05, 3.63) is 0 Å². The van der Waals surface area contributed by atoms with Gasteiger partial charge in [0.15, 0.2) is 5.79 Å². The van der Waals surface area contributed by atoms with Crippen LogP contribution in [-0.2, 0) is 9.30 Å². The lowest BCUT2D eigenvalue weighted by atomic mass is 9.91. The van der Waals surface area contributed by atoms with Gasteiger partial charge in [-0.2, -0.15) is 0 Å². The molecule has 0 amide bonds. The number of aliphatic hydroxyl groups is 5. The van der Waals surface area contributed by atoms with Gasteiger partial charge in [-0.15, -0.1) is 0 Å². The molecule has 0 spiro atoms. The Kier molecular flexibility index (Phi) is 4.87. The van der Waals surface area contributed by atoms with Crippen molar-refractivity contribution < 1.29 is 44.6 Å². The van der Waals surface area contributed by atoms with Crippen LogP contribution >= 0.6 is 7.60 Å². The summed E-state index contributed by atoms with van der Waals surface area (Å²) in [6.45, 7) is -0.733. The standard InChI is InChI=1S/C8H17O9P/c9-3-4-5(10)6(11)7(12)8(13,17-4)1-2-18(14,15)16/h4-7,9-13H,1-3H2,(H2,14,15,16)/t4-,5-,6+,7-,8-/m1/s1. The quantitative estimate of drug-likeness (QED) is 0.262. The molecule has 1 aliphatic heterocycles. The van der Waals surface area contributed by atoms with E-state index in [-0.39, 0.29) is 0 Å². The summed E-state index contributed by atoms with van der Waals surface area (Å²) in [6.07, 6.45) is -8.13. The highest BCUT2D eigenvalue weighted by Gasteiger charge is 2.52. The van der Waals surface area contributed by atoms with Gasteiger partial charge in [0.25, 0.3) is 0 Å². The zero-order valence-corrected chi connectivity index (χ0v) is 10.2. The van der Waals surface area contributed by atoms with E-state index in [1.54, 1.807) is 0 Å². The highest BCUT2D eigenvalue weighted by Crippen LogP contribution is 2.40. The van der Waals surface area contributed by atoms with Crippen LogP contribution in [0.5, 0.6) is 0 Å². The molecule has 9 nitrogen and oxygen atoms in total. The molecule has 1 heterocycles. The predicted molar refractivity (Wildman–Crippen MR) is 56.5 cm³/mol. The molecule has 0 aromatic rings. The van der Waals surface area contributed by atoms with Gasteiger partial charge < -0.3 is 40.1 Å². The minimum absolute atomic E-state index is 0.654. The van der Waals surface area contributed by atoms with Gasteiger partial charge in [0.2, 0.25) is 0 Å². The van der Waals surface area contributed by atoms with Crippen LogP contribution in [0.25, 0.3) is 0 Å². The molecule has 1 rings (SSSR count). The van der Waals surface area contributed by atoms with E-state index < -0.39 is 57.0 Å². The van der Waals surface area contributed by atoms with Gasteiger partial charge in [-0.3, -0.25) is 4.57 Å². The summed E-state index contributed by atoms with van der Waals surface area (Å²) in [5.74, 6) is -2.44. The molecule has 0 unspecified atom stereocenters. The minimum atomic E-state index is -4.42. The zero-order chi connectivity index (χ0) is 14.1. The van der Waals surface area contributed by atoms with E-state index in [4.69, 9.17) is 19.6 Å². The first-order valence-corrected chi connectivity index (χ1v) is 7.00. The van der Waals surface area contributed by atoms with Crippen LogP contribution in [0.15, 0.2) is 0 Å². The Morgan fingerprint density at radius 2 is 1.72 bits per heavy atom. The number of rotatable bonds is 4. The summed E-state index contributed by atoms with van der Waals surface area (Å²) in [4.78, 5) is 17.4. The molecule has 0 aliphatic carbocycles. The number of hydrogen-bond donors (Lipinski definition) is 7. The van der Waals surface area contributed by atoms with E-state index >= 15 is 0 Å². The molecule has 10 heteroatoms. The first-order chi connectivity index (χ1) is 8.10. The molecule has 1 aliphatic rings. The van der Waals surface area contributed by atoms with Crippen molar-refractivity contribution in [1.29, 1.82) is 0 Å². The fourth-order valence-corrected chi connectivity index (χ4v) is 2.34. The van der Waals surface area contributed by atoms with Crippen LogP contribution in [0.2, 0.25) is 0 Å². The first-order valence-electron chi connectivity index (χ1n) is 5.20. The van der Waals surface area contributed by atoms with Crippen molar-refractivity contribution >= 4 is 7.60 Å². The van der Waals surface area contributed by atoms with E-state index in [1.165, 1.54) is 0 Å². The van der Waals surface area contributed by atoms with Gasteiger partial charge >= 0.3 is 7.60 Å². The van der Waals surface area contributed by atoms with E-state index in [0.717, 1.165) is 0 Å². The lowest BCUT2D eigenvalue weighted by Crippen LogP contribution is -2.65. The third-order valence-electron chi connectivity index (χ3n) is 2.81. The van der Waals surface area contributed by atoms with Crippen molar-refractivity contribution in [3.8, 4) is 0 Å². The Morgan fingerprint density at radius 3 is 2.17 bits per heavy atom. The Hall–Kier alpha value is -0.0900. The van der Waals surface area contributed by atoms with Crippen LogP contribution in [0.1, 0.15) is 6.42 Å². The fourth-order valence-electron chi connectivity index (χ4n) is 1.73. The van der Waals surface area contributed by atoms with Crippen molar-refractivity contribution in [2.24, 2.45) is 0 Å². The number of aliphatic hydroxyl groups excluding tert-OH is 4.